The summed E-state index contributed by atoms with van der Waals surface area (Å²) >= 11 is 0. The Morgan fingerprint density at radius 2 is 1.14 bits per heavy atom. The molecule has 0 unspecified atom stereocenters. The fourth-order valence-electron chi connectivity index (χ4n) is 5.05. The molecule has 0 aliphatic heterocycles. The zero-order valence-corrected chi connectivity index (χ0v) is 24.8. The Bertz CT molecular complexity index is 1720. The van der Waals surface area contributed by atoms with Crippen molar-refractivity contribution in [2.24, 2.45) is 0 Å². The number of ether oxygens (including phenoxy) is 1. The molecule has 2 aromatic heterocycles. The molecule has 5 rings (SSSR count). The second kappa shape index (κ2) is 12.9. The summed E-state index contributed by atoms with van der Waals surface area (Å²) in [4.78, 5) is 27.5. The molecule has 42 heavy (non-hydrogen) atoms. The first-order valence-corrected chi connectivity index (χ1v) is 14.4. The Balaban J connectivity index is 1.63. The van der Waals surface area contributed by atoms with Gasteiger partial charge in [-0.1, -0.05) is 73.7 Å². The predicted octanol–water partition coefficient (Wildman–Crippen LogP) is 7.62. The molecule has 0 aliphatic rings. The minimum Gasteiger partial charge on any atom is -0.507 e. The molecular weight excluding hydrogens is 524 g/mol. The van der Waals surface area contributed by atoms with Crippen molar-refractivity contribution in [2.45, 2.75) is 60.3 Å². The maximum atomic E-state index is 11.2. The van der Waals surface area contributed by atoms with E-state index in [9.17, 15) is 5.11 Å². The lowest BCUT2D eigenvalue weighted by atomic mass is 10.0. The minimum atomic E-state index is 0.00347. The van der Waals surface area contributed by atoms with E-state index in [0.29, 0.717) is 46.8 Å². The van der Waals surface area contributed by atoms with E-state index in [4.69, 9.17) is 14.7 Å². The van der Waals surface area contributed by atoms with Crippen LogP contribution in [0.5, 0.6) is 11.5 Å². The molecule has 0 aliphatic carbocycles. The predicted molar refractivity (Wildman–Crippen MR) is 165 cm³/mol. The smallest absolute Gasteiger partial charge is 0.170 e. The van der Waals surface area contributed by atoms with Crippen LogP contribution >= 0.6 is 0 Å². The van der Waals surface area contributed by atoms with Crippen LogP contribution in [0.25, 0.3) is 45.6 Å². The topological polar surface area (TPSA) is 107 Å². The van der Waals surface area contributed by atoms with E-state index in [-0.39, 0.29) is 5.75 Å². The Morgan fingerprint density at radius 3 is 1.71 bits per heavy atom. The average molecular weight is 561 g/mol. The molecule has 0 radical (unpaired) electrons. The van der Waals surface area contributed by atoms with Crippen LogP contribution in [0.1, 0.15) is 54.9 Å². The Hall–Kier alpha value is -4.72. The summed E-state index contributed by atoms with van der Waals surface area (Å²) in [5.74, 6) is 2.28. The first-order valence-electron chi connectivity index (χ1n) is 14.4. The molecule has 3 aromatic carbocycles. The highest BCUT2D eigenvalue weighted by molar-refractivity contribution is 5.82. The molecule has 8 nitrogen and oxygen atoms in total. The van der Waals surface area contributed by atoms with Gasteiger partial charge in [0.25, 0.3) is 0 Å². The molecule has 0 fully saturated rings. The van der Waals surface area contributed by atoms with Crippen molar-refractivity contribution in [1.82, 2.24) is 29.9 Å². The third kappa shape index (κ3) is 6.28. The van der Waals surface area contributed by atoms with Gasteiger partial charge in [-0.3, -0.25) is 0 Å². The van der Waals surface area contributed by atoms with Gasteiger partial charge in [0.15, 0.2) is 23.3 Å². The normalized spacial score (nSPS) is 11.1. The average Bonchev–Trinajstić information content (AvgIpc) is 2.97. The van der Waals surface area contributed by atoms with E-state index in [1.54, 1.807) is 12.1 Å². The van der Waals surface area contributed by atoms with Crippen molar-refractivity contribution < 1.29 is 9.84 Å². The molecule has 0 saturated carbocycles. The number of aryl methyl sites for hydroxylation is 4. The van der Waals surface area contributed by atoms with Gasteiger partial charge >= 0.3 is 0 Å². The number of aromatic nitrogens is 6. The summed E-state index contributed by atoms with van der Waals surface area (Å²) in [5.41, 5.74) is 7.30. The number of phenols is 1. The largest absolute Gasteiger partial charge is 0.507 e. The molecule has 0 spiro atoms. The van der Waals surface area contributed by atoms with Crippen LogP contribution in [0.2, 0.25) is 0 Å². The highest BCUT2D eigenvalue weighted by atomic mass is 16.5. The van der Waals surface area contributed by atoms with Crippen LogP contribution < -0.4 is 4.74 Å². The molecule has 2 heterocycles. The van der Waals surface area contributed by atoms with E-state index in [1.165, 1.54) is 18.2 Å². The molecule has 5 aromatic rings. The highest BCUT2D eigenvalue weighted by Crippen LogP contribution is 2.43. The van der Waals surface area contributed by atoms with Gasteiger partial charge in [-0.15, -0.1) is 0 Å². The van der Waals surface area contributed by atoms with Gasteiger partial charge in [-0.2, -0.15) is 0 Å². The van der Waals surface area contributed by atoms with Gasteiger partial charge in [0.2, 0.25) is 0 Å². The number of aromatic hydroxyl groups is 1. The van der Waals surface area contributed by atoms with E-state index in [0.717, 1.165) is 53.5 Å². The SMILES string of the molecule is CCCCCCOc1c(-c2ncnc(-c3ccc(C)cc3C)n2)ccc(O)c1-c1ncnc(-c2ccc(C)cc2C)n1. The van der Waals surface area contributed by atoms with Crippen LogP contribution in [-0.4, -0.2) is 41.6 Å². The molecule has 0 atom stereocenters. The number of rotatable bonds is 10. The summed E-state index contributed by atoms with van der Waals surface area (Å²) in [6.45, 7) is 10.8. The Morgan fingerprint density at radius 1 is 0.619 bits per heavy atom. The molecule has 0 bridgehead atoms. The maximum absolute atomic E-state index is 11.2. The van der Waals surface area contributed by atoms with Crippen LogP contribution in [0.15, 0.2) is 61.2 Å². The van der Waals surface area contributed by atoms with E-state index in [2.05, 4.69) is 52.8 Å². The fraction of sp³-hybridized carbons (Fsp3) is 0.294. The zero-order valence-electron chi connectivity index (χ0n) is 24.8. The van der Waals surface area contributed by atoms with Crippen molar-refractivity contribution in [2.75, 3.05) is 6.61 Å². The number of nitrogens with zero attached hydrogens (tertiary/aromatic N) is 6. The van der Waals surface area contributed by atoms with Crippen LogP contribution in [-0.2, 0) is 0 Å². The molecular formula is C34H36N6O2. The fourth-order valence-corrected chi connectivity index (χ4v) is 5.05. The van der Waals surface area contributed by atoms with Gasteiger partial charge in [0.05, 0.1) is 12.2 Å². The van der Waals surface area contributed by atoms with E-state index in [1.807, 2.05) is 38.1 Å². The molecule has 214 valence electrons. The number of hydrogen-bond donors (Lipinski definition) is 1. The van der Waals surface area contributed by atoms with E-state index < -0.39 is 0 Å². The summed E-state index contributed by atoms with van der Waals surface area (Å²) in [5, 5.41) is 11.2. The summed E-state index contributed by atoms with van der Waals surface area (Å²) in [6.07, 6.45) is 7.15. The maximum Gasteiger partial charge on any atom is 0.170 e. The lowest BCUT2D eigenvalue weighted by Crippen LogP contribution is -2.05. The van der Waals surface area contributed by atoms with Gasteiger partial charge in [0.1, 0.15) is 29.7 Å². The molecule has 0 saturated heterocycles. The molecule has 1 N–H and O–H groups in total. The molecule has 0 amide bonds. The first kappa shape index (κ1) is 28.8. The van der Waals surface area contributed by atoms with Crippen molar-refractivity contribution >= 4 is 0 Å². The monoisotopic (exact) mass is 560 g/mol. The zero-order chi connectivity index (χ0) is 29.6. The number of hydrogen-bond acceptors (Lipinski definition) is 8. The third-order valence-electron chi connectivity index (χ3n) is 7.23. The second-order valence-corrected chi connectivity index (χ2v) is 10.6. The summed E-state index contributed by atoms with van der Waals surface area (Å²) in [6, 6.07) is 15.7. The van der Waals surface area contributed by atoms with Crippen molar-refractivity contribution in [3.8, 4) is 57.1 Å². The van der Waals surface area contributed by atoms with Crippen molar-refractivity contribution in [3.05, 3.63) is 83.4 Å². The van der Waals surface area contributed by atoms with Crippen molar-refractivity contribution in [3.63, 3.8) is 0 Å². The molecule has 8 heteroatoms. The van der Waals surface area contributed by atoms with Gasteiger partial charge < -0.3 is 9.84 Å². The minimum absolute atomic E-state index is 0.00347. The van der Waals surface area contributed by atoms with Gasteiger partial charge in [0, 0.05) is 11.1 Å². The Kier molecular flexibility index (Phi) is 8.81. The first-order chi connectivity index (χ1) is 20.4. The van der Waals surface area contributed by atoms with Crippen LogP contribution in [0.3, 0.4) is 0 Å². The van der Waals surface area contributed by atoms with E-state index >= 15 is 0 Å². The Labute approximate surface area is 247 Å². The van der Waals surface area contributed by atoms with Gasteiger partial charge in [-0.05, 0) is 57.4 Å². The van der Waals surface area contributed by atoms with Crippen LogP contribution in [0, 0.1) is 27.7 Å². The second-order valence-electron chi connectivity index (χ2n) is 10.6. The lowest BCUT2D eigenvalue weighted by Gasteiger charge is -2.17. The quantitative estimate of drug-likeness (QED) is 0.174. The summed E-state index contributed by atoms with van der Waals surface area (Å²) < 4.78 is 6.41. The number of phenolic OH excluding ortho intramolecular Hbond substituents is 1. The summed E-state index contributed by atoms with van der Waals surface area (Å²) in [7, 11) is 0. The lowest BCUT2D eigenvalue weighted by molar-refractivity contribution is 0.305. The number of benzene rings is 3. The highest BCUT2D eigenvalue weighted by Gasteiger charge is 2.23. The van der Waals surface area contributed by atoms with Gasteiger partial charge in [-0.25, -0.2) is 29.9 Å². The number of unbranched alkanes of at least 4 members (excludes halogenated alkanes) is 3. The third-order valence-corrected chi connectivity index (χ3v) is 7.23. The standard InChI is InChI=1S/C34H36N6O2/c1-6-7-8-9-16-42-30-27(33-37-19-35-31(39-33)25-12-10-21(2)17-23(25)4)14-15-28(41)29(30)34-38-20-36-32(40-34)26-13-11-22(3)18-24(26)5/h10-15,17-20,41H,6-9,16H2,1-5H3. The van der Waals surface area contributed by atoms with Crippen LogP contribution in [0.4, 0.5) is 0 Å². The van der Waals surface area contributed by atoms with Crippen molar-refractivity contribution in [1.29, 1.82) is 0 Å².